The van der Waals surface area contributed by atoms with Gasteiger partial charge in [0.2, 0.25) is 0 Å². The molecule has 0 unspecified atom stereocenters. The van der Waals surface area contributed by atoms with E-state index in [1.54, 1.807) is 11.3 Å². The summed E-state index contributed by atoms with van der Waals surface area (Å²) in [5.74, 6) is 1.69. The van der Waals surface area contributed by atoms with Crippen LogP contribution in [0.4, 0.5) is 11.5 Å². The van der Waals surface area contributed by atoms with Crippen LogP contribution in [0.25, 0.3) is 10.2 Å². The van der Waals surface area contributed by atoms with E-state index >= 15 is 0 Å². The number of fused-ring (bicyclic) bond motifs is 1. The van der Waals surface area contributed by atoms with Crippen LogP contribution < -0.4 is 5.32 Å². The predicted octanol–water partition coefficient (Wildman–Crippen LogP) is 4.36. The number of aromatic nitrogens is 2. The fourth-order valence-corrected chi connectivity index (χ4v) is 2.94. The molecule has 19 heavy (non-hydrogen) atoms. The van der Waals surface area contributed by atoms with Crippen molar-refractivity contribution in [2.45, 2.75) is 20.8 Å². The van der Waals surface area contributed by atoms with Crippen molar-refractivity contribution < 1.29 is 0 Å². The molecule has 2 heterocycles. The van der Waals surface area contributed by atoms with Crippen LogP contribution >= 0.6 is 11.3 Å². The van der Waals surface area contributed by atoms with E-state index in [0.717, 1.165) is 27.5 Å². The number of benzene rings is 1. The third-order valence-corrected chi connectivity index (χ3v) is 4.11. The van der Waals surface area contributed by atoms with Gasteiger partial charge in [0.1, 0.15) is 5.82 Å². The largest absolute Gasteiger partial charge is 0.339 e. The Morgan fingerprint density at radius 1 is 1.00 bits per heavy atom. The Hall–Kier alpha value is -1.94. The molecule has 96 valence electrons. The smallest absolute Gasteiger partial charge is 0.152 e. The van der Waals surface area contributed by atoms with E-state index in [1.165, 1.54) is 11.1 Å². The van der Waals surface area contributed by atoms with Crippen LogP contribution in [0.15, 0.2) is 29.6 Å². The molecular formula is C15H15N3S. The first-order chi connectivity index (χ1) is 9.13. The van der Waals surface area contributed by atoms with Gasteiger partial charge in [-0.1, -0.05) is 17.7 Å². The van der Waals surface area contributed by atoms with Crippen molar-refractivity contribution in [1.29, 1.82) is 0 Å². The van der Waals surface area contributed by atoms with Crippen LogP contribution in [0.1, 0.15) is 17.0 Å². The first kappa shape index (κ1) is 12.1. The van der Waals surface area contributed by atoms with Gasteiger partial charge in [0.05, 0.1) is 10.2 Å². The van der Waals surface area contributed by atoms with Crippen molar-refractivity contribution in [1.82, 2.24) is 9.97 Å². The minimum absolute atomic E-state index is 0.795. The number of anilines is 2. The summed E-state index contributed by atoms with van der Waals surface area (Å²) in [5, 5.41) is 5.51. The molecular weight excluding hydrogens is 254 g/mol. The van der Waals surface area contributed by atoms with Gasteiger partial charge >= 0.3 is 0 Å². The van der Waals surface area contributed by atoms with Gasteiger partial charge in [-0.3, -0.25) is 0 Å². The highest BCUT2D eigenvalue weighted by molar-refractivity contribution is 7.18. The number of rotatable bonds is 2. The second-order valence-electron chi connectivity index (χ2n) is 4.71. The van der Waals surface area contributed by atoms with E-state index in [0.29, 0.717) is 0 Å². The average Bonchev–Trinajstić information content (AvgIpc) is 2.74. The third-order valence-electron chi connectivity index (χ3n) is 3.02. The van der Waals surface area contributed by atoms with Crippen molar-refractivity contribution in [2.75, 3.05) is 5.32 Å². The molecule has 3 aromatic rings. The van der Waals surface area contributed by atoms with E-state index in [-0.39, 0.29) is 0 Å². The van der Waals surface area contributed by atoms with Crippen molar-refractivity contribution in [3.8, 4) is 0 Å². The van der Waals surface area contributed by atoms with Gasteiger partial charge in [-0.15, -0.1) is 11.3 Å². The molecule has 0 bridgehead atoms. The molecule has 3 rings (SSSR count). The molecule has 0 aliphatic heterocycles. The third kappa shape index (κ3) is 2.31. The van der Waals surface area contributed by atoms with Gasteiger partial charge in [0.25, 0.3) is 0 Å². The zero-order valence-electron chi connectivity index (χ0n) is 11.2. The summed E-state index contributed by atoms with van der Waals surface area (Å²) in [6.45, 7) is 6.09. The monoisotopic (exact) mass is 269 g/mol. The highest BCUT2D eigenvalue weighted by atomic mass is 32.1. The van der Waals surface area contributed by atoms with Crippen molar-refractivity contribution in [3.63, 3.8) is 0 Å². The molecule has 0 radical (unpaired) electrons. The van der Waals surface area contributed by atoms with Crippen LogP contribution in [0.3, 0.4) is 0 Å². The Kier molecular flexibility index (Phi) is 2.95. The van der Waals surface area contributed by atoms with Crippen LogP contribution in [-0.4, -0.2) is 9.97 Å². The van der Waals surface area contributed by atoms with Gasteiger partial charge in [-0.2, -0.15) is 0 Å². The van der Waals surface area contributed by atoms with Gasteiger partial charge in [-0.05, 0) is 43.8 Å². The van der Waals surface area contributed by atoms with Crippen LogP contribution in [0.2, 0.25) is 0 Å². The molecule has 0 amide bonds. The summed E-state index contributed by atoms with van der Waals surface area (Å²) in [4.78, 5) is 9.03. The SMILES string of the molecule is Cc1ccc(Nc2nc(C)nc3c(C)csc23)cc1. The molecule has 4 heteroatoms. The Morgan fingerprint density at radius 2 is 1.74 bits per heavy atom. The predicted molar refractivity (Wildman–Crippen MR) is 81.4 cm³/mol. The number of aryl methyl sites for hydroxylation is 3. The van der Waals surface area contributed by atoms with E-state index in [1.807, 2.05) is 6.92 Å². The lowest BCUT2D eigenvalue weighted by atomic mass is 10.2. The first-order valence-corrected chi connectivity index (χ1v) is 7.07. The summed E-state index contributed by atoms with van der Waals surface area (Å²) in [6.07, 6.45) is 0. The number of hydrogen-bond acceptors (Lipinski definition) is 4. The van der Waals surface area contributed by atoms with E-state index in [9.17, 15) is 0 Å². The summed E-state index contributed by atoms with van der Waals surface area (Å²) < 4.78 is 1.11. The van der Waals surface area contributed by atoms with Gasteiger partial charge in [-0.25, -0.2) is 9.97 Å². The maximum Gasteiger partial charge on any atom is 0.152 e. The molecule has 0 spiro atoms. The highest BCUT2D eigenvalue weighted by Crippen LogP contribution is 2.31. The minimum atomic E-state index is 0.795. The Bertz CT molecular complexity index is 729. The molecule has 2 aromatic heterocycles. The molecule has 3 nitrogen and oxygen atoms in total. The lowest BCUT2D eigenvalue weighted by Crippen LogP contribution is -1.97. The standard InChI is InChI=1S/C15H15N3S/c1-9-4-6-12(7-5-9)18-15-14-13(10(2)8-19-14)16-11(3)17-15/h4-8H,1-3H3,(H,16,17,18). The zero-order valence-corrected chi connectivity index (χ0v) is 12.0. The van der Waals surface area contributed by atoms with Crippen LogP contribution in [-0.2, 0) is 0 Å². The maximum atomic E-state index is 4.52. The minimum Gasteiger partial charge on any atom is -0.339 e. The Balaban J connectivity index is 2.07. The quantitative estimate of drug-likeness (QED) is 0.751. The topological polar surface area (TPSA) is 37.8 Å². The molecule has 1 aromatic carbocycles. The van der Waals surface area contributed by atoms with E-state index < -0.39 is 0 Å². The normalized spacial score (nSPS) is 10.9. The molecule has 1 N–H and O–H groups in total. The zero-order chi connectivity index (χ0) is 13.4. The fraction of sp³-hybridized carbons (Fsp3) is 0.200. The average molecular weight is 269 g/mol. The summed E-state index contributed by atoms with van der Waals surface area (Å²) >= 11 is 1.68. The molecule has 0 saturated heterocycles. The highest BCUT2D eigenvalue weighted by Gasteiger charge is 2.10. The lowest BCUT2D eigenvalue weighted by molar-refractivity contribution is 1.09. The first-order valence-electron chi connectivity index (χ1n) is 6.19. The second-order valence-corrected chi connectivity index (χ2v) is 5.59. The number of thiophene rings is 1. The summed E-state index contributed by atoms with van der Waals surface area (Å²) in [7, 11) is 0. The van der Waals surface area contributed by atoms with Gasteiger partial charge < -0.3 is 5.32 Å². The van der Waals surface area contributed by atoms with Gasteiger partial charge in [0.15, 0.2) is 5.82 Å². The van der Waals surface area contributed by atoms with E-state index in [2.05, 4.69) is 58.8 Å². The number of hydrogen-bond donors (Lipinski definition) is 1. The van der Waals surface area contributed by atoms with Crippen molar-refractivity contribution >= 4 is 33.1 Å². The van der Waals surface area contributed by atoms with Crippen molar-refractivity contribution in [2.24, 2.45) is 0 Å². The van der Waals surface area contributed by atoms with Crippen LogP contribution in [0.5, 0.6) is 0 Å². The summed E-state index contributed by atoms with van der Waals surface area (Å²) in [6, 6.07) is 8.32. The second kappa shape index (κ2) is 4.63. The molecule has 0 aliphatic carbocycles. The van der Waals surface area contributed by atoms with E-state index in [4.69, 9.17) is 0 Å². The van der Waals surface area contributed by atoms with Gasteiger partial charge in [0, 0.05) is 5.69 Å². The number of nitrogens with one attached hydrogen (secondary N) is 1. The number of nitrogens with zero attached hydrogens (tertiary/aromatic N) is 2. The molecule has 0 saturated carbocycles. The maximum absolute atomic E-state index is 4.52. The Morgan fingerprint density at radius 3 is 2.47 bits per heavy atom. The van der Waals surface area contributed by atoms with Crippen LogP contribution in [0, 0.1) is 20.8 Å². The summed E-state index contributed by atoms with van der Waals surface area (Å²) in [5.41, 5.74) is 4.56. The molecule has 0 aliphatic rings. The molecule has 0 fully saturated rings. The molecule has 0 atom stereocenters. The van der Waals surface area contributed by atoms with Crippen molar-refractivity contribution in [3.05, 3.63) is 46.6 Å². The fourth-order valence-electron chi connectivity index (χ4n) is 2.00. The Labute approximate surface area is 116 Å². The lowest BCUT2D eigenvalue weighted by Gasteiger charge is -2.08.